The number of hydrogen-bond donors (Lipinski definition) is 0. The highest BCUT2D eigenvalue weighted by molar-refractivity contribution is 5.91. The number of rotatable bonds is 5. The van der Waals surface area contributed by atoms with E-state index < -0.39 is 5.41 Å². The summed E-state index contributed by atoms with van der Waals surface area (Å²) < 4.78 is 6.61. The van der Waals surface area contributed by atoms with Crippen LogP contribution in [0, 0.1) is 11.3 Å². The average Bonchev–Trinajstić information content (AvgIpc) is 3.41. The molecule has 0 saturated carbocycles. The zero-order valence-electron chi connectivity index (χ0n) is 31.9. The Bertz CT molecular complexity index is 3090. The third-order valence-electron chi connectivity index (χ3n) is 11.6. The number of ether oxygens (including phenoxy) is 1. The average molecular weight is 755 g/mol. The minimum Gasteiger partial charge on any atom is -0.457 e. The van der Waals surface area contributed by atoms with Crippen LogP contribution in [0.5, 0.6) is 11.5 Å². The van der Waals surface area contributed by atoms with Crippen molar-refractivity contribution >= 4 is 5.57 Å². The van der Waals surface area contributed by atoms with Gasteiger partial charge in [-0.2, -0.15) is 5.26 Å². The highest BCUT2D eigenvalue weighted by Gasteiger charge is 2.51. The SMILES string of the molecule is N#Cc1cccc(-c2cc(-c3ccc4c(c3)C3(c5ccccc5Oc5ccccc53)c3ccccc3-4)cc(-c3nc(C4=CC=CCC=C4)nc(-c4ccccc4)n3)c2)c1. The Morgan fingerprint density at radius 3 is 1.85 bits per heavy atom. The van der Waals surface area contributed by atoms with Gasteiger partial charge in [-0.1, -0.05) is 146 Å². The molecular formula is C54H34N4O. The molecule has 1 aliphatic heterocycles. The number of benzene rings is 7. The molecule has 0 unspecified atom stereocenters. The van der Waals surface area contributed by atoms with Crippen LogP contribution in [0.2, 0.25) is 0 Å². The maximum atomic E-state index is 9.91. The van der Waals surface area contributed by atoms with Crippen LogP contribution in [-0.2, 0) is 5.41 Å². The number of para-hydroxylation sites is 2. The largest absolute Gasteiger partial charge is 0.457 e. The molecule has 5 heteroatoms. The first-order valence-corrected chi connectivity index (χ1v) is 19.8. The minimum atomic E-state index is -0.600. The van der Waals surface area contributed by atoms with Gasteiger partial charge in [-0.3, -0.25) is 0 Å². The maximum absolute atomic E-state index is 9.91. The highest BCUT2D eigenvalue weighted by Crippen LogP contribution is 2.62. The van der Waals surface area contributed by atoms with Gasteiger partial charge in [-0.25, -0.2) is 15.0 Å². The first-order valence-electron chi connectivity index (χ1n) is 19.8. The van der Waals surface area contributed by atoms with Gasteiger partial charge in [-0.05, 0) is 99.5 Å². The van der Waals surface area contributed by atoms with E-state index in [4.69, 9.17) is 19.7 Å². The summed E-state index contributed by atoms with van der Waals surface area (Å²) in [5.74, 6) is 3.47. The van der Waals surface area contributed by atoms with Crippen molar-refractivity contribution in [2.45, 2.75) is 11.8 Å². The minimum absolute atomic E-state index is 0.563. The predicted molar refractivity (Wildman–Crippen MR) is 235 cm³/mol. The second-order valence-electron chi connectivity index (χ2n) is 15.0. The molecule has 2 aliphatic carbocycles. The summed E-state index contributed by atoms with van der Waals surface area (Å²) in [5, 5.41) is 9.91. The van der Waals surface area contributed by atoms with Gasteiger partial charge in [0.15, 0.2) is 17.5 Å². The van der Waals surface area contributed by atoms with Gasteiger partial charge in [0.1, 0.15) is 11.5 Å². The molecule has 0 N–H and O–H groups in total. The molecule has 0 atom stereocenters. The zero-order chi connectivity index (χ0) is 39.3. The summed E-state index contributed by atoms with van der Waals surface area (Å²) in [6.45, 7) is 0. The van der Waals surface area contributed by atoms with E-state index in [1.807, 2.05) is 60.7 Å². The molecular weight excluding hydrogens is 721 g/mol. The molecule has 11 rings (SSSR count). The van der Waals surface area contributed by atoms with Crippen molar-refractivity contribution in [3.63, 3.8) is 0 Å². The van der Waals surface area contributed by atoms with Crippen LogP contribution in [0.1, 0.15) is 40.1 Å². The van der Waals surface area contributed by atoms with E-state index in [0.29, 0.717) is 23.0 Å². The number of fused-ring (bicyclic) bond motifs is 9. The van der Waals surface area contributed by atoms with Crippen LogP contribution >= 0.6 is 0 Å². The van der Waals surface area contributed by atoms with Crippen LogP contribution in [0.25, 0.3) is 61.7 Å². The standard InChI is InChI=1S/C54H34N4O/c55-34-35-15-14-20-38(29-35)40-30-41(32-42(31-40)53-57-51(36-16-4-1-2-5-17-36)56-52(58-53)37-18-6-3-7-19-37)39-27-28-44-43-21-8-9-22-45(43)54(48(44)33-39)46-23-10-12-25-49(46)59-50-26-13-11-24-47(50)54/h1,3-33H,2H2. The Morgan fingerprint density at radius 1 is 0.475 bits per heavy atom. The molecule has 1 aromatic heterocycles. The van der Waals surface area contributed by atoms with E-state index in [1.165, 1.54) is 22.3 Å². The molecule has 2 heterocycles. The van der Waals surface area contributed by atoms with E-state index in [2.05, 4.69) is 140 Å². The summed E-state index contributed by atoms with van der Waals surface area (Å²) in [6.07, 6.45) is 11.3. The van der Waals surface area contributed by atoms with Crippen molar-refractivity contribution in [2.24, 2.45) is 0 Å². The van der Waals surface area contributed by atoms with Crippen LogP contribution in [0.4, 0.5) is 0 Å². The third-order valence-corrected chi connectivity index (χ3v) is 11.6. The lowest BCUT2D eigenvalue weighted by molar-refractivity contribution is 0.436. The zero-order valence-corrected chi connectivity index (χ0v) is 31.9. The van der Waals surface area contributed by atoms with Gasteiger partial charge >= 0.3 is 0 Å². The van der Waals surface area contributed by atoms with Crippen molar-refractivity contribution in [3.8, 4) is 73.7 Å². The van der Waals surface area contributed by atoms with Crippen LogP contribution < -0.4 is 4.74 Å². The van der Waals surface area contributed by atoms with Gasteiger partial charge in [0.2, 0.25) is 0 Å². The smallest absolute Gasteiger partial charge is 0.164 e. The van der Waals surface area contributed by atoms with E-state index in [9.17, 15) is 5.26 Å². The Labute approximate surface area is 342 Å². The summed E-state index contributed by atoms with van der Waals surface area (Å²) in [5.41, 5.74) is 13.7. The Kier molecular flexibility index (Phi) is 8.09. The quantitative estimate of drug-likeness (QED) is 0.175. The second kappa shape index (κ2) is 13.9. The van der Waals surface area contributed by atoms with Crippen molar-refractivity contribution in [2.75, 3.05) is 0 Å². The fraction of sp³-hybridized carbons (Fsp3) is 0.0370. The number of nitrogens with zero attached hydrogens (tertiary/aromatic N) is 4. The van der Waals surface area contributed by atoms with Crippen LogP contribution in [-0.4, -0.2) is 15.0 Å². The fourth-order valence-electron chi connectivity index (χ4n) is 8.97. The Morgan fingerprint density at radius 2 is 1.08 bits per heavy atom. The normalized spacial score (nSPS) is 13.9. The summed E-state index contributed by atoms with van der Waals surface area (Å²) in [7, 11) is 0. The first-order chi connectivity index (χ1) is 29.2. The summed E-state index contributed by atoms with van der Waals surface area (Å²) in [4.78, 5) is 15.3. The van der Waals surface area contributed by atoms with Gasteiger partial charge in [0, 0.05) is 27.8 Å². The fourth-order valence-corrected chi connectivity index (χ4v) is 8.97. The van der Waals surface area contributed by atoms with Crippen LogP contribution in [0.3, 0.4) is 0 Å². The number of allylic oxidation sites excluding steroid dienone is 6. The van der Waals surface area contributed by atoms with Crippen LogP contribution in [0.15, 0.2) is 194 Å². The van der Waals surface area contributed by atoms with Gasteiger partial charge in [-0.15, -0.1) is 0 Å². The molecule has 0 bridgehead atoms. The molecule has 0 radical (unpaired) electrons. The number of hydrogen-bond acceptors (Lipinski definition) is 5. The Balaban J connectivity index is 1.16. The monoisotopic (exact) mass is 754 g/mol. The lowest BCUT2D eigenvalue weighted by Gasteiger charge is -2.39. The second-order valence-corrected chi connectivity index (χ2v) is 15.0. The molecule has 0 fully saturated rings. The van der Waals surface area contributed by atoms with Crippen molar-refractivity contribution in [1.29, 1.82) is 5.26 Å². The first kappa shape index (κ1) is 34.3. The van der Waals surface area contributed by atoms with Crippen molar-refractivity contribution < 1.29 is 4.74 Å². The van der Waals surface area contributed by atoms with Gasteiger partial charge in [0.25, 0.3) is 0 Å². The van der Waals surface area contributed by atoms with E-state index in [0.717, 1.165) is 68.0 Å². The van der Waals surface area contributed by atoms with Gasteiger partial charge in [0.05, 0.1) is 17.0 Å². The van der Waals surface area contributed by atoms with E-state index >= 15 is 0 Å². The molecule has 3 aliphatic rings. The maximum Gasteiger partial charge on any atom is 0.164 e. The molecule has 8 aromatic rings. The Hall–Kier alpha value is -7.94. The lowest BCUT2D eigenvalue weighted by Crippen LogP contribution is -2.32. The van der Waals surface area contributed by atoms with E-state index in [1.54, 1.807) is 0 Å². The predicted octanol–water partition coefficient (Wildman–Crippen LogP) is 12.8. The lowest BCUT2D eigenvalue weighted by atomic mass is 9.66. The molecule has 5 nitrogen and oxygen atoms in total. The molecule has 59 heavy (non-hydrogen) atoms. The molecule has 0 saturated heterocycles. The topological polar surface area (TPSA) is 71.7 Å². The van der Waals surface area contributed by atoms with Gasteiger partial charge < -0.3 is 4.74 Å². The van der Waals surface area contributed by atoms with Crippen molar-refractivity contribution in [3.05, 3.63) is 228 Å². The highest BCUT2D eigenvalue weighted by atomic mass is 16.5. The molecule has 7 aromatic carbocycles. The van der Waals surface area contributed by atoms with E-state index in [-0.39, 0.29) is 0 Å². The molecule has 1 spiro atoms. The van der Waals surface area contributed by atoms with Crippen molar-refractivity contribution in [1.82, 2.24) is 15.0 Å². The summed E-state index contributed by atoms with van der Waals surface area (Å²) in [6, 6.07) is 59.2. The molecule has 276 valence electrons. The summed E-state index contributed by atoms with van der Waals surface area (Å²) >= 11 is 0. The number of aromatic nitrogens is 3. The molecule has 0 amide bonds. The third kappa shape index (κ3) is 5.65. The number of nitriles is 1.